The Morgan fingerprint density at radius 1 is 1.10 bits per heavy atom. The normalized spacial score (nSPS) is 14.6. The van der Waals surface area contributed by atoms with Crippen LogP contribution in [-0.4, -0.2) is 17.5 Å². The number of hydrogen-bond donors (Lipinski definition) is 0. The van der Waals surface area contributed by atoms with Crippen molar-refractivity contribution in [1.29, 1.82) is 0 Å². The predicted octanol–water partition coefficient (Wildman–Crippen LogP) is 2.98. The summed E-state index contributed by atoms with van der Waals surface area (Å²) < 4.78 is 0. The third kappa shape index (κ3) is 3.09. The topological polar surface area (TPSA) is 55.7 Å². The molecule has 0 aromatic heterocycles. The first-order chi connectivity index (χ1) is 9.47. The number of rotatable bonds is 2. The van der Waals surface area contributed by atoms with Crippen LogP contribution in [0.25, 0.3) is 0 Å². The van der Waals surface area contributed by atoms with Crippen LogP contribution in [0.5, 0.6) is 0 Å². The van der Waals surface area contributed by atoms with E-state index in [9.17, 15) is 9.59 Å². The fourth-order valence-corrected chi connectivity index (χ4v) is 1.90. The van der Waals surface area contributed by atoms with E-state index in [-0.39, 0.29) is 5.78 Å². The molecule has 0 saturated carbocycles. The molecule has 4 nitrogen and oxygen atoms in total. The van der Waals surface area contributed by atoms with Crippen LogP contribution in [0, 0.1) is 6.92 Å². The van der Waals surface area contributed by atoms with E-state index in [1.807, 2.05) is 13.0 Å². The van der Waals surface area contributed by atoms with Crippen LogP contribution in [0.15, 0.2) is 52.7 Å². The van der Waals surface area contributed by atoms with E-state index < -0.39 is 5.97 Å². The lowest BCUT2D eigenvalue weighted by molar-refractivity contribution is -0.112. The lowest BCUT2D eigenvalue weighted by atomic mass is 9.98. The van der Waals surface area contributed by atoms with Crippen molar-refractivity contribution in [2.24, 2.45) is 5.16 Å². The van der Waals surface area contributed by atoms with Gasteiger partial charge in [0.2, 0.25) is 0 Å². The van der Waals surface area contributed by atoms with E-state index in [0.717, 1.165) is 5.56 Å². The molecular weight excluding hydrogens is 254 g/mol. The Bertz CT molecular complexity index is 642. The first kappa shape index (κ1) is 13.9. The monoisotopic (exact) mass is 269 g/mol. The SMILES string of the molecule is CC1=CC(=NOC(=O)c2cccc(C)c2)C=C(C)C1=O. The van der Waals surface area contributed by atoms with Gasteiger partial charge in [-0.2, -0.15) is 0 Å². The average molecular weight is 269 g/mol. The first-order valence-electron chi connectivity index (χ1n) is 6.24. The van der Waals surface area contributed by atoms with Crippen molar-refractivity contribution in [2.45, 2.75) is 20.8 Å². The molecule has 1 aromatic carbocycles. The van der Waals surface area contributed by atoms with Gasteiger partial charge >= 0.3 is 5.97 Å². The van der Waals surface area contributed by atoms with E-state index in [0.29, 0.717) is 22.4 Å². The number of aryl methyl sites for hydroxylation is 1. The van der Waals surface area contributed by atoms with E-state index >= 15 is 0 Å². The molecular formula is C16H15NO3. The van der Waals surface area contributed by atoms with Crippen molar-refractivity contribution >= 4 is 17.5 Å². The molecule has 0 radical (unpaired) electrons. The maximum Gasteiger partial charge on any atom is 0.365 e. The van der Waals surface area contributed by atoms with Gasteiger partial charge in [-0.15, -0.1) is 0 Å². The van der Waals surface area contributed by atoms with Crippen molar-refractivity contribution in [3.05, 3.63) is 58.7 Å². The van der Waals surface area contributed by atoms with Crippen LogP contribution in [-0.2, 0) is 9.63 Å². The molecule has 0 atom stereocenters. The van der Waals surface area contributed by atoms with Gasteiger partial charge in [0.05, 0.1) is 5.56 Å². The van der Waals surface area contributed by atoms with Crippen LogP contribution < -0.4 is 0 Å². The van der Waals surface area contributed by atoms with Crippen molar-refractivity contribution in [1.82, 2.24) is 0 Å². The summed E-state index contributed by atoms with van der Waals surface area (Å²) in [4.78, 5) is 28.3. The summed E-state index contributed by atoms with van der Waals surface area (Å²) in [6.07, 6.45) is 3.19. The number of nitrogens with zero attached hydrogens (tertiary/aromatic N) is 1. The number of allylic oxidation sites excluding steroid dienone is 4. The van der Waals surface area contributed by atoms with Gasteiger partial charge in [0, 0.05) is 0 Å². The van der Waals surface area contributed by atoms with Crippen molar-refractivity contribution in [3.63, 3.8) is 0 Å². The summed E-state index contributed by atoms with van der Waals surface area (Å²) in [5.41, 5.74) is 3.04. The minimum atomic E-state index is -0.518. The van der Waals surface area contributed by atoms with Gasteiger partial charge in [0.25, 0.3) is 0 Å². The second-order valence-corrected chi connectivity index (χ2v) is 4.75. The molecule has 0 aliphatic heterocycles. The quantitative estimate of drug-likeness (QED) is 0.471. The van der Waals surface area contributed by atoms with Crippen LogP contribution in [0.2, 0.25) is 0 Å². The summed E-state index contributed by atoms with van der Waals surface area (Å²) >= 11 is 0. The molecule has 2 rings (SSSR count). The van der Waals surface area contributed by atoms with Gasteiger partial charge in [-0.25, -0.2) is 4.79 Å². The zero-order valence-electron chi connectivity index (χ0n) is 11.6. The Morgan fingerprint density at radius 3 is 2.35 bits per heavy atom. The summed E-state index contributed by atoms with van der Waals surface area (Å²) in [7, 11) is 0. The molecule has 0 fully saturated rings. The van der Waals surface area contributed by atoms with Gasteiger partial charge in [0.15, 0.2) is 5.78 Å². The molecule has 0 amide bonds. The van der Waals surface area contributed by atoms with Crippen LogP contribution in [0.4, 0.5) is 0 Å². The zero-order chi connectivity index (χ0) is 14.7. The fourth-order valence-electron chi connectivity index (χ4n) is 1.90. The third-order valence-electron chi connectivity index (χ3n) is 2.93. The molecule has 102 valence electrons. The van der Waals surface area contributed by atoms with Gasteiger partial charge in [-0.3, -0.25) is 4.79 Å². The molecule has 1 aromatic rings. The lowest BCUT2D eigenvalue weighted by Gasteiger charge is -2.08. The average Bonchev–Trinajstić information content (AvgIpc) is 2.42. The molecule has 1 aliphatic rings. The Labute approximate surface area is 117 Å². The first-order valence-corrected chi connectivity index (χ1v) is 6.24. The van der Waals surface area contributed by atoms with E-state index in [1.165, 1.54) is 0 Å². The number of carbonyl (C=O) groups excluding carboxylic acids is 2. The Hall–Kier alpha value is -2.49. The standard InChI is InChI=1S/C16H15NO3/c1-10-5-4-6-13(7-10)16(19)20-17-14-8-11(2)15(18)12(3)9-14/h4-9H,1-3H3. The Kier molecular flexibility index (Phi) is 3.94. The Balaban J connectivity index is 2.14. The van der Waals surface area contributed by atoms with Crippen molar-refractivity contribution in [3.8, 4) is 0 Å². The van der Waals surface area contributed by atoms with Crippen LogP contribution >= 0.6 is 0 Å². The maximum absolute atomic E-state index is 11.8. The van der Waals surface area contributed by atoms with Crippen LogP contribution in [0.3, 0.4) is 0 Å². The smallest absolute Gasteiger partial charge is 0.312 e. The number of carbonyl (C=O) groups is 2. The molecule has 0 unspecified atom stereocenters. The second-order valence-electron chi connectivity index (χ2n) is 4.75. The highest BCUT2D eigenvalue weighted by molar-refractivity contribution is 6.21. The van der Waals surface area contributed by atoms with Gasteiger partial charge in [0.1, 0.15) is 5.71 Å². The minimum Gasteiger partial charge on any atom is -0.312 e. The zero-order valence-corrected chi connectivity index (χ0v) is 11.6. The summed E-state index contributed by atoms with van der Waals surface area (Å²) in [5.74, 6) is -0.538. The highest BCUT2D eigenvalue weighted by atomic mass is 16.7. The maximum atomic E-state index is 11.8. The molecule has 4 heteroatoms. The highest BCUT2D eigenvalue weighted by Gasteiger charge is 2.14. The van der Waals surface area contributed by atoms with E-state index in [4.69, 9.17) is 4.84 Å². The molecule has 0 saturated heterocycles. The number of oxime groups is 1. The molecule has 20 heavy (non-hydrogen) atoms. The second kappa shape index (κ2) is 5.65. The Morgan fingerprint density at radius 2 is 1.75 bits per heavy atom. The van der Waals surface area contributed by atoms with Crippen molar-refractivity contribution in [2.75, 3.05) is 0 Å². The largest absolute Gasteiger partial charge is 0.365 e. The number of Topliss-reactive ketones (excluding diaryl/α,β-unsaturated/α-hetero) is 1. The van der Waals surface area contributed by atoms with Gasteiger partial charge < -0.3 is 4.84 Å². The van der Waals surface area contributed by atoms with Gasteiger partial charge in [-0.05, 0) is 56.2 Å². The van der Waals surface area contributed by atoms with E-state index in [1.54, 1.807) is 44.2 Å². The van der Waals surface area contributed by atoms with E-state index in [2.05, 4.69) is 5.16 Å². The molecule has 0 spiro atoms. The summed E-state index contributed by atoms with van der Waals surface area (Å²) in [6, 6.07) is 7.08. The molecule has 0 N–H and O–H groups in total. The molecule has 0 bridgehead atoms. The minimum absolute atomic E-state index is 0.0195. The molecule has 1 aliphatic carbocycles. The number of hydrogen-bond acceptors (Lipinski definition) is 4. The van der Waals surface area contributed by atoms with Crippen molar-refractivity contribution < 1.29 is 14.4 Å². The third-order valence-corrected chi connectivity index (χ3v) is 2.93. The predicted molar refractivity (Wildman–Crippen MR) is 76.6 cm³/mol. The molecule has 0 heterocycles. The fraction of sp³-hybridized carbons (Fsp3) is 0.188. The lowest BCUT2D eigenvalue weighted by Crippen LogP contribution is -2.11. The van der Waals surface area contributed by atoms with Gasteiger partial charge in [-0.1, -0.05) is 22.9 Å². The van der Waals surface area contributed by atoms with Crippen LogP contribution in [0.1, 0.15) is 29.8 Å². The number of ketones is 1. The number of benzene rings is 1. The highest BCUT2D eigenvalue weighted by Crippen LogP contribution is 2.13. The summed E-state index contributed by atoms with van der Waals surface area (Å²) in [5, 5.41) is 3.79. The summed E-state index contributed by atoms with van der Waals surface area (Å²) in [6.45, 7) is 5.31.